The summed E-state index contributed by atoms with van der Waals surface area (Å²) in [5, 5.41) is 9.46. The molecule has 2 nitrogen and oxygen atoms in total. The monoisotopic (exact) mass is 268 g/mol. The molecule has 1 unspecified atom stereocenters. The third-order valence-electron chi connectivity index (χ3n) is 4.21. The van der Waals surface area contributed by atoms with E-state index in [2.05, 4.69) is 32.9 Å². The summed E-state index contributed by atoms with van der Waals surface area (Å²) in [4.78, 5) is 0. The predicted octanol–water partition coefficient (Wildman–Crippen LogP) is 4.37. The fourth-order valence-electron chi connectivity index (χ4n) is 3.31. The van der Waals surface area contributed by atoms with Crippen molar-refractivity contribution >= 4 is 0 Å². The van der Waals surface area contributed by atoms with Crippen LogP contribution in [0.4, 0.5) is 0 Å². The SMILES string of the molecule is CC1(C)CC(C)(c2ccc(O)cc2)Oc2ccccc21. The molecule has 20 heavy (non-hydrogen) atoms. The van der Waals surface area contributed by atoms with Gasteiger partial charge in [0.05, 0.1) is 0 Å². The molecule has 2 aromatic rings. The number of hydrogen-bond donors (Lipinski definition) is 1. The molecule has 0 saturated carbocycles. The zero-order chi connectivity index (χ0) is 14.4. The van der Waals surface area contributed by atoms with Crippen molar-refractivity contribution in [2.75, 3.05) is 0 Å². The van der Waals surface area contributed by atoms with E-state index in [-0.39, 0.29) is 16.8 Å². The van der Waals surface area contributed by atoms with E-state index in [9.17, 15) is 5.11 Å². The highest BCUT2D eigenvalue weighted by Gasteiger charge is 2.42. The minimum absolute atomic E-state index is 0.0570. The Labute approximate surface area is 120 Å². The molecule has 0 aliphatic carbocycles. The second kappa shape index (κ2) is 4.27. The topological polar surface area (TPSA) is 29.5 Å². The third kappa shape index (κ3) is 2.05. The van der Waals surface area contributed by atoms with Crippen LogP contribution in [0.2, 0.25) is 0 Å². The van der Waals surface area contributed by atoms with E-state index >= 15 is 0 Å². The van der Waals surface area contributed by atoms with Gasteiger partial charge in [0.1, 0.15) is 17.1 Å². The first-order valence-electron chi connectivity index (χ1n) is 6.99. The Hall–Kier alpha value is -1.96. The molecule has 0 aromatic heterocycles. The van der Waals surface area contributed by atoms with Gasteiger partial charge in [0.2, 0.25) is 0 Å². The number of aromatic hydroxyl groups is 1. The number of rotatable bonds is 1. The van der Waals surface area contributed by atoms with Crippen LogP contribution < -0.4 is 4.74 Å². The third-order valence-corrected chi connectivity index (χ3v) is 4.21. The molecular weight excluding hydrogens is 248 g/mol. The summed E-state index contributed by atoms with van der Waals surface area (Å²) in [6, 6.07) is 15.6. The highest BCUT2D eigenvalue weighted by Crippen LogP contribution is 2.48. The number of para-hydroxylation sites is 1. The molecule has 104 valence electrons. The fourth-order valence-corrected chi connectivity index (χ4v) is 3.31. The zero-order valence-electron chi connectivity index (χ0n) is 12.2. The first kappa shape index (κ1) is 13.0. The maximum Gasteiger partial charge on any atom is 0.132 e. The standard InChI is InChI=1S/C18H20O2/c1-17(2)12-18(3,13-8-10-14(19)11-9-13)20-16-7-5-4-6-15(16)17/h4-11,19H,12H2,1-3H3. The van der Waals surface area contributed by atoms with Crippen molar-refractivity contribution in [3.05, 3.63) is 59.7 Å². The van der Waals surface area contributed by atoms with E-state index in [1.54, 1.807) is 12.1 Å². The number of benzene rings is 2. The first-order chi connectivity index (χ1) is 9.41. The van der Waals surface area contributed by atoms with Crippen molar-refractivity contribution in [3.8, 4) is 11.5 Å². The number of hydrogen-bond acceptors (Lipinski definition) is 2. The van der Waals surface area contributed by atoms with Gasteiger partial charge in [-0.25, -0.2) is 0 Å². The van der Waals surface area contributed by atoms with Crippen molar-refractivity contribution in [1.29, 1.82) is 0 Å². The first-order valence-corrected chi connectivity index (χ1v) is 6.99. The predicted molar refractivity (Wildman–Crippen MR) is 80.2 cm³/mol. The summed E-state index contributed by atoms with van der Waals surface area (Å²) in [5.41, 5.74) is 2.04. The van der Waals surface area contributed by atoms with Crippen LogP contribution in [0, 0.1) is 0 Å². The summed E-state index contributed by atoms with van der Waals surface area (Å²) in [6.45, 7) is 6.64. The molecule has 2 aromatic carbocycles. The second-order valence-electron chi connectivity index (χ2n) is 6.44. The molecule has 3 rings (SSSR count). The van der Waals surface area contributed by atoms with E-state index in [0.717, 1.165) is 17.7 Å². The van der Waals surface area contributed by atoms with Crippen molar-refractivity contribution in [2.45, 2.75) is 38.2 Å². The lowest BCUT2D eigenvalue weighted by atomic mass is 9.71. The molecule has 0 amide bonds. The summed E-state index contributed by atoms with van der Waals surface area (Å²) in [7, 11) is 0. The maximum absolute atomic E-state index is 9.46. The fraction of sp³-hybridized carbons (Fsp3) is 0.333. The van der Waals surface area contributed by atoms with Gasteiger partial charge in [0.25, 0.3) is 0 Å². The van der Waals surface area contributed by atoms with Gasteiger partial charge in [-0.15, -0.1) is 0 Å². The minimum atomic E-state index is -0.369. The van der Waals surface area contributed by atoms with E-state index in [0.29, 0.717) is 0 Å². The largest absolute Gasteiger partial charge is 0.508 e. The van der Waals surface area contributed by atoms with Crippen LogP contribution in [0.5, 0.6) is 11.5 Å². The molecule has 1 aliphatic rings. The molecule has 1 atom stereocenters. The van der Waals surface area contributed by atoms with Gasteiger partial charge in [-0.3, -0.25) is 0 Å². The average Bonchev–Trinajstić information content (AvgIpc) is 2.38. The summed E-state index contributed by atoms with van der Waals surface area (Å²) < 4.78 is 6.30. The number of ether oxygens (including phenoxy) is 1. The molecule has 0 bridgehead atoms. The van der Waals surface area contributed by atoms with Crippen LogP contribution >= 0.6 is 0 Å². The number of phenols is 1. The van der Waals surface area contributed by atoms with E-state index in [4.69, 9.17) is 4.74 Å². The van der Waals surface area contributed by atoms with Crippen molar-refractivity contribution in [1.82, 2.24) is 0 Å². The average molecular weight is 268 g/mol. The Morgan fingerprint density at radius 2 is 1.60 bits per heavy atom. The van der Waals surface area contributed by atoms with Gasteiger partial charge in [-0.05, 0) is 41.7 Å². The van der Waals surface area contributed by atoms with Gasteiger partial charge in [0, 0.05) is 6.42 Å². The smallest absolute Gasteiger partial charge is 0.132 e. The molecule has 0 fully saturated rings. The molecule has 2 heteroatoms. The van der Waals surface area contributed by atoms with Gasteiger partial charge in [-0.2, -0.15) is 0 Å². The van der Waals surface area contributed by atoms with E-state index < -0.39 is 0 Å². The zero-order valence-corrected chi connectivity index (χ0v) is 12.2. The Bertz CT molecular complexity index is 628. The Balaban J connectivity index is 2.07. The normalized spacial score (nSPS) is 23.8. The molecule has 0 radical (unpaired) electrons. The number of phenolic OH excluding ortho intramolecular Hbond substituents is 1. The summed E-state index contributed by atoms with van der Waals surface area (Å²) >= 11 is 0. The Morgan fingerprint density at radius 1 is 0.950 bits per heavy atom. The Morgan fingerprint density at radius 3 is 2.30 bits per heavy atom. The van der Waals surface area contributed by atoms with Crippen LogP contribution in [0.15, 0.2) is 48.5 Å². The molecule has 0 spiro atoms. The highest BCUT2D eigenvalue weighted by molar-refractivity contribution is 5.44. The highest BCUT2D eigenvalue weighted by atomic mass is 16.5. The van der Waals surface area contributed by atoms with Crippen LogP contribution in [0.1, 0.15) is 38.3 Å². The van der Waals surface area contributed by atoms with Gasteiger partial charge in [0.15, 0.2) is 0 Å². The summed E-state index contributed by atoms with van der Waals surface area (Å²) in [6.07, 6.45) is 0.905. The van der Waals surface area contributed by atoms with Crippen molar-refractivity contribution in [2.24, 2.45) is 0 Å². The molecular formula is C18H20O2. The molecule has 1 aliphatic heterocycles. The molecule has 1 heterocycles. The second-order valence-corrected chi connectivity index (χ2v) is 6.44. The lowest BCUT2D eigenvalue weighted by molar-refractivity contribution is 0.0325. The maximum atomic E-state index is 9.46. The summed E-state index contributed by atoms with van der Waals surface area (Å²) in [5.74, 6) is 1.24. The quantitative estimate of drug-likeness (QED) is 0.832. The van der Waals surface area contributed by atoms with Crippen LogP contribution in [-0.4, -0.2) is 5.11 Å². The van der Waals surface area contributed by atoms with Crippen LogP contribution in [-0.2, 0) is 11.0 Å². The van der Waals surface area contributed by atoms with Crippen molar-refractivity contribution < 1.29 is 9.84 Å². The van der Waals surface area contributed by atoms with E-state index in [1.807, 2.05) is 24.3 Å². The molecule has 0 saturated heterocycles. The van der Waals surface area contributed by atoms with Crippen LogP contribution in [0.3, 0.4) is 0 Å². The van der Waals surface area contributed by atoms with E-state index in [1.165, 1.54) is 5.56 Å². The van der Waals surface area contributed by atoms with Crippen LogP contribution in [0.25, 0.3) is 0 Å². The van der Waals surface area contributed by atoms with Crippen molar-refractivity contribution in [3.63, 3.8) is 0 Å². The van der Waals surface area contributed by atoms with Gasteiger partial charge < -0.3 is 9.84 Å². The lowest BCUT2D eigenvalue weighted by Crippen LogP contribution is -2.41. The van der Waals surface area contributed by atoms with Gasteiger partial charge >= 0.3 is 0 Å². The lowest BCUT2D eigenvalue weighted by Gasteiger charge is -2.44. The molecule has 1 N–H and O–H groups in total. The number of fused-ring (bicyclic) bond motifs is 1. The van der Waals surface area contributed by atoms with Gasteiger partial charge in [-0.1, -0.05) is 44.2 Å². The minimum Gasteiger partial charge on any atom is -0.508 e. The Kier molecular flexibility index (Phi) is 2.79.